The molecule has 3 aromatic rings. The van der Waals surface area contributed by atoms with Crippen LogP contribution in [0.15, 0.2) is 22.3 Å². The van der Waals surface area contributed by atoms with Gasteiger partial charge in [0.2, 0.25) is 0 Å². The van der Waals surface area contributed by atoms with Crippen LogP contribution in [0.2, 0.25) is 0 Å². The molecular weight excluding hydrogens is 288 g/mol. The van der Waals surface area contributed by atoms with E-state index in [4.69, 9.17) is 4.98 Å². The van der Waals surface area contributed by atoms with E-state index in [2.05, 4.69) is 0 Å². The van der Waals surface area contributed by atoms with Gasteiger partial charge in [0.25, 0.3) is 5.56 Å². The van der Waals surface area contributed by atoms with Crippen molar-refractivity contribution in [2.45, 2.75) is 25.7 Å². The molecule has 20 heavy (non-hydrogen) atoms. The van der Waals surface area contributed by atoms with Gasteiger partial charge in [0.1, 0.15) is 4.83 Å². The molecule has 0 unspecified atom stereocenters. The number of thiophene rings is 2. The molecule has 0 spiro atoms. The van der Waals surface area contributed by atoms with Gasteiger partial charge in [0, 0.05) is 11.9 Å². The Morgan fingerprint density at radius 3 is 2.95 bits per heavy atom. The van der Waals surface area contributed by atoms with Crippen LogP contribution in [0.3, 0.4) is 0 Å². The minimum absolute atomic E-state index is 0.109. The zero-order valence-electron chi connectivity index (χ0n) is 11.2. The highest BCUT2D eigenvalue weighted by molar-refractivity contribution is 7.19. The molecule has 0 saturated heterocycles. The van der Waals surface area contributed by atoms with Crippen LogP contribution < -0.4 is 5.56 Å². The van der Waals surface area contributed by atoms with Crippen LogP contribution in [0.25, 0.3) is 20.9 Å². The molecule has 3 aromatic heterocycles. The highest BCUT2D eigenvalue weighted by Crippen LogP contribution is 2.35. The molecule has 0 atom stereocenters. The Labute approximate surface area is 124 Å². The maximum atomic E-state index is 12.7. The predicted octanol–water partition coefficient (Wildman–Crippen LogP) is 3.60. The first-order chi connectivity index (χ1) is 9.75. The Morgan fingerprint density at radius 1 is 1.30 bits per heavy atom. The van der Waals surface area contributed by atoms with E-state index in [9.17, 15) is 4.79 Å². The Kier molecular flexibility index (Phi) is 2.79. The van der Waals surface area contributed by atoms with Gasteiger partial charge in [-0.2, -0.15) is 0 Å². The van der Waals surface area contributed by atoms with E-state index >= 15 is 0 Å². The van der Waals surface area contributed by atoms with Gasteiger partial charge in [0.05, 0.1) is 10.3 Å². The number of hydrogen-bond acceptors (Lipinski definition) is 4. The third-order valence-corrected chi connectivity index (χ3v) is 5.99. The molecule has 3 nitrogen and oxygen atoms in total. The van der Waals surface area contributed by atoms with Gasteiger partial charge in [-0.05, 0) is 42.7 Å². The Bertz CT molecular complexity index is 843. The van der Waals surface area contributed by atoms with Crippen LogP contribution in [0.5, 0.6) is 0 Å². The molecule has 0 saturated carbocycles. The molecule has 4 rings (SSSR count). The standard InChI is InChI=1S/C15H14N2OS2/c1-17-13(11-7-4-8-19-11)16-14-12(15(17)18)9-5-2-3-6-10(9)20-14/h4,7-8H,2-3,5-6H2,1H3. The number of nitrogens with zero attached hydrogens (tertiary/aromatic N) is 2. The number of rotatable bonds is 1. The van der Waals surface area contributed by atoms with Gasteiger partial charge in [-0.15, -0.1) is 22.7 Å². The first kappa shape index (κ1) is 12.3. The van der Waals surface area contributed by atoms with Crippen LogP contribution in [0, 0.1) is 0 Å². The summed E-state index contributed by atoms with van der Waals surface area (Å²) in [5.41, 5.74) is 1.37. The molecular formula is C15H14N2OS2. The molecule has 0 bridgehead atoms. The molecule has 3 heterocycles. The maximum Gasteiger partial charge on any atom is 0.262 e. The molecule has 102 valence electrons. The van der Waals surface area contributed by atoms with Crippen molar-refractivity contribution in [1.82, 2.24) is 9.55 Å². The smallest absolute Gasteiger partial charge is 0.262 e. The average Bonchev–Trinajstić information content (AvgIpc) is 3.09. The summed E-state index contributed by atoms with van der Waals surface area (Å²) in [4.78, 5) is 20.8. The number of fused-ring (bicyclic) bond motifs is 3. The van der Waals surface area contributed by atoms with Gasteiger partial charge in [-0.1, -0.05) is 6.07 Å². The van der Waals surface area contributed by atoms with Gasteiger partial charge >= 0.3 is 0 Å². The molecule has 5 heteroatoms. The summed E-state index contributed by atoms with van der Waals surface area (Å²) in [6.45, 7) is 0. The third-order valence-electron chi connectivity index (χ3n) is 3.94. The number of aromatic nitrogens is 2. The van der Waals surface area contributed by atoms with Crippen LogP contribution >= 0.6 is 22.7 Å². The van der Waals surface area contributed by atoms with Crippen LogP contribution in [0.1, 0.15) is 23.3 Å². The number of hydrogen-bond donors (Lipinski definition) is 0. The summed E-state index contributed by atoms with van der Waals surface area (Å²) in [5.74, 6) is 0.788. The molecule has 1 aliphatic carbocycles. The highest BCUT2D eigenvalue weighted by Gasteiger charge is 2.21. The summed E-state index contributed by atoms with van der Waals surface area (Å²) < 4.78 is 1.70. The van der Waals surface area contributed by atoms with Crippen LogP contribution in [-0.2, 0) is 19.9 Å². The summed E-state index contributed by atoms with van der Waals surface area (Å²) in [6.07, 6.45) is 4.56. The first-order valence-electron chi connectivity index (χ1n) is 6.81. The lowest BCUT2D eigenvalue weighted by Crippen LogP contribution is -2.20. The Balaban J connectivity index is 2.06. The van der Waals surface area contributed by atoms with Crippen molar-refractivity contribution >= 4 is 32.9 Å². The van der Waals surface area contributed by atoms with Gasteiger partial charge in [-0.3, -0.25) is 9.36 Å². The van der Waals surface area contributed by atoms with Crippen molar-refractivity contribution in [3.8, 4) is 10.7 Å². The van der Waals surface area contributed by atoms with E-state index in [0.717, 1.165) is 33.8 Å². The third kappa shape index (κ3) is 1.70. The van der Waals surface area contributed by atoms with E-state index in [0.29, 0.717) is 0 Å². The molecule has 0 fully saturated rings. The summed E-state index contributed by atoms with van der Waals surface area (Å²) in [7, 11) is 1.83. The van der Waals surface area contributed by atoms with Crippen molar-refractivity contribution in [1.29, 1.82) is 0 Å². The van der Waals surface area contributed by atoms with E-state index in [1.54, 1.807) is 27.2 Å². The van der Waals surface area contributed by atoms with Crippen molar-refractivity contribution in [3.05, 3.63) is 38.3 Å². The average molecular weight is 302 g/mol. The fourth-order valence-corrected chi connectivity index (χ4v) is 4.91. The lowest BCUT2D eigenvalue weighted by Gasteiger charge is -2.10. The fraction of sp³-hybridized carbons (Fsp3) is 0.333. The van der Waals surface area contributed by atoms with Gasteiger partial charge in [-0.25, -0.2) is 4.98 Å². The Morgan fingerprint density at radius 2 is 2.15 bits per heavy atom. The fourth-order valence-electron chi connectivity index (χ4n) is 2.91. The largest absolute Gasteiger partial charge is 0.295 e. The zero-order valence-corrected chi connectivity index (χ0v) is 12.8. The molecule has 0 aliphatic heterocycles. The maximum absolute atomic E-state index is 12.7. The van der Waals surface area contributed by atoms with E-state index in [1.165, 1.54) is 23.3 Å². The van der Waals surface area contributed by atoms with Crippen LogP contribution in [-0.4, -0.2) is 9.55 Å². The highest BCUT2D eigenvalue weighted by atomic mass is 32.1. The topological polar surface area (TPSA) is 34.9 Å². The van der Waals surface area contributed by atoms with E-state index in [-0.39, 0.29) is 5.56 Å². The summed E-state index contributed by atoms with van der Waals surface area (Å²) in [5, 5.41) is 2.89. The molecule has 1 aliphatic rings. The van der Waals surface area contributed by atoms with E-state index < -0.39 is 0 Å². The monoisotopic (exact) mass is 302 g/mol. The minimum Gasteiger partial charge on any atom is -0.295 e. The molecule has 0 radical (unpaired) electrons. The van der Waals surface area contributed by atoms with Crippen molar-refractivity contribution in [3.63, 3.8) is 0 Å². The first-order valence-corrected chi connectivity index (χ1v) is 8.50. The minimum atomic E-state index is 0.109. The lowest BCUT2D eigenvalue weighted by molar-refractivity contribution is 0.699. The zero-order chi connectivity index (χ0) is 13.7. The van der Waals surface area contributed by atoms with Crippen LogP contribution in [0.4, 0.5) is 0 Å². The lowest BCUT2D eigenvalue weighted by atomic mass is 9.97. The van der Waals surface area contributed by atoms with Crippen molar-refractivity contribution < 1.29 is 0 Å². The van der Waals surface area contributed by atoms with Gasteiger partial charge < -0.3 is 0 Å². The summed E-state index contributed by atoms with van der Waals surface area (Å²) in [6, 6.07) is 4.02. The second-order valence-corrected chi connectivity index (χ2v) is 7.20. The van der Waals surface area contributed by atoms with E-state index in [1.807, 2.05) is 24.6 Å². The normalized spacial score (nSPS) is 14.7. The predicted molar refractivity (Wildman–Crippen MR) is 84.8 cm³/mol. The quantitative estimate of drug-likeness (QED) is 0.688. The molecule has 0 amide bonds. The molecule has 0 N–H and O–H groups in total. The Hall–Kier alpha value is -1.46. The number of aryl methyl sites for hydroxylation is 2. The molecule has 0 aromatic carbocycles. The second-order valence-electron chi connectivity index (χ2n) is 5.17. The SMILES string of the molecule is Cn1c(-c2cccs2)nc2sc3c(c2c1=O)CCCC3. The second kappa shape index (κ2) is 4.53. The van der Waals surface area contributed by atoms with Crippen molar-refractivity contribution in [2.75, 3.05) is 0 Å². The summed E-state index contributed by atoms with van der Waals surface area (Å²) >= 11 is 3.34. The van der Waals surface area contributed by atoms with Gasteiger partial charge in [0.15, 0.2) is 5.82 Å². The van der Waals surface area contributed by atoms with Crippen molar-refractivity contribution in [2.24, 2.45) is 7.05 Å².